The van der Waals surface area contributed by atoms with E-state index in [0.29, 0.717) is 37.6 Å². The van der Waals surface area contributed by atoms with Crippen molar-refractivity contribution in [2.45, 2.75) is 18.7 Å². The van der Waals surface area contributed by atoms with Crippen LogP contribution in [0.25, 0.3) is 11.3 Å². The summed E-state index contributed by atoms with van der Waals surface area (Å²) in [6.07, 6.45) is -4.19. The normalized spacial score (nSPS) is 16.4. The number of aromatic nitrogens is 1. The Morgan fingerprint density at radius 1 is 1.09 bits per heavy atom. The van der Waals surface area contributed by atoms with E-state index in [1.54, 1.807) is 13.2 Å². The molecule has 2 heterocycles. The topological polar surface area (TPSA) is 37.8 Å². The molecule has 0 bridgehead atoms. The fourth-order valence-electron chi connectivity index (χ4n) is 4.13. The summed E-state index contributed by atoms with van der Waals surface area (Å²) in [6, 6.07) is 17.4. The Kier molecular flexibility index (Phi) is 6.97. The third-order valence-electron chi connectivity index (χ3n) is 5.91. The van der Waals surface area contributed by atoms with Gasteiger partial charge in [0.05, 0.1) is 36.8 Å². The average molecular weight is 472 g/mol. The monoisotopic (exact) mass is 471 g/mol. The fourth-order valence-corrected chi connectivity index (χ4v) is 4.13. The van der Waals surface area contributed by atoms with Crippen LogP contribution in [-0.4, -0.2) is 52.0 Å². The van der Waals surface area contributed by atoms with Crippen LogP contribution in [0.2, 0.25) is 0 Å². The first-order valence-corrected chi connectivity index (χ1v) is 11.1. The molecule has 1 aliphatic rings. The van der Waals surface area contributed by atoms with Crippen LogP contribution in [-0.2, 0) is 17.3 Å². The van der Waals surface area contributed by atoms with Gasteiger partial charge in [-0.3, -0.25) is 0 Å². The molecule has 1 unspecified atom stereocenters. The Hall–Kier alpha value is -3.26. The van der Waals surface area contributed by atoms with E-state index in [4.69, 9.17) is 14.5 Å². The van der Waals surface area contributed by atoms with E-state index in [0.717, 1.165) is 28.7 Å². The Morgan fingerprint density at radius 2 is 1.85 bits per heavy atom. The number of halogens is 3. The Labute approximate surface area is 197 Å². The number of nitrogens with zero attached hydrogens (tertiary/aromatic N) is 3. The Bertz CT molecular complexity index is 1120. The first-order chi connectivity index (χ1) is 16.2. The molecule has 0 spiro atoms. The maximum Gasteiger partial charge on any atom is 0.416 e. The lowest BCUT2D eigenvalue weighted by atomic mass is 10.0. The number of pyridine rings is 1. The van der Waals surface area contributed by atoms with Gasteiger partial charge >= 0.3 is 6.18 Å². The first kappa shape index (κ1) is 23.9. The molecule has 1 fully saturated rings. The van der Waals surface area contributed by atoms with Crippen molar-refractivity contribution in [3.8, 4) is 17.1 Å². The van der Waals surface area contributed by atoms with Crippen LogP contribution in [0, 0.1) is 0 Å². The van der Waals surface area contributed by atoms with Crippen LogP contribution in [0.15, 0.2) is 60.7 Å². The number of anilines is 2. The highest BCUT2D eigenvalue weighted by molar-refractivity contribution is 5.77. The van der Waals surface area contributed by atoms with E-state index in [2.05, 4.69) is 4.90 Å². The predicted molar refractivity (Wildman–Crippen MR) is 128 cm³/mol. The lowest BCUT2D eigenvalue weighted by molar-refractivity contribution is -0.137. The SMILES string of the molecule is COc1ccc(N2CCOC(Cc3cccc(C(F)(F)F)c3)C2)c(-c2ccc(N(C)C)cc2)n1. The zero-order valence-corrected chi connectivity index (χ0v) is 19.5. The molecular weight excluding hydrogens is 443 g/mol. The molecule has 1 saturated heterocycles. The molecule has 2 aromatic carbocycles. The van der Waals surface area contributed by atoms with Gasteiger partial charge in [-0.2, -0.15) is 13.2 Å². The molecule has 5 nitrogen and oxygen atoms in total. The van der Waals surface area contributed by atoms with E-state index in [-0.39, 0.29) is 6.10 Å². The van der Waals surface area contributed by atoms with Gasteiger partial charge < -0.3 is 19.3 Å². The number of hydrogen-bond donors (Lipinski definition) is 0. The molecule has 34 heavy (non-hydrogen) atoms. The third-order valence-corrected chi connectivity index (χ3v) is 5.91. The van der Waals surface area contributed by atoms with Crippen molar-refractivity contribution >= 4 is 11.4 Å². The van der Waals surface area contributed by atoms with Crippen molar-refractivity contribution in [2.75, 3.05) is 50.7 Å². The largest absolute Gasteiger partial charge is 0.481 e. The van der Waals surface area contributed by atoms with Crippen LogP contribution < -0.4 is 14.5 Å². The van der Waals surface area contributed by atoms with E-state index in [1.807, 2.05) is 55.4 Å². The van der Waals surface area contributed by atoms with Crippen LogP contribution in [0.3, 0.4) is 0 Å². The zero-order chi connectivity index (χ0) is 24.3. The third kappa shape index (κ3) is 5.44. The number of alkyl halides is 3. The van der Waals surface area contributed by atoms with Gasteiger partial charge in [-0.15, -0.1) is 0 Å². The first-order valence-electron chi connectivity index (χ1n) is 11.1. The molecular formula is C26H28F3N3O2. The molecule has 1 aromatic heterocycles. The summed E-state index contributed by atoms with van der Waals surface area (Å²) in [7, 11) is 5.56. The molecule has 180 valence electrons. The maximum atomic E-state index is 13.1. The van der Waals surface area contributed by atoms with Crippen LogP contribution in [0.1, 0.15) is 11.1 Å². The summed E-state index contributed by atoms with van der Waals surface area (Å²) >= 11 is 0. The van der Waals surface area contributed by atoms with Crippen molar-refractivity contribution in [1.82, 2.24) is 4.98 Å². The molecule has 0 radical (unpaired) electrons. The standard InChI is InChI=1S/C26H28F3N3O2/c1-31(2)21-9-7-19(8-10-21)25-23(11-12-24(30-25)33-3)32-13-14-34-22(17-32)16-18-5-4-6-20(15-18)26(27,28)29/h4-12,15,22H,13-14,16-17H2,1-3H3. The fraction of sp³-hybridized carbons (Fsp3) is 0.346. The second-order valence-corrected chi connectivity index (χ2v) is 8.50. The van der Waals surface area contributed by atoms with Crippen molar-refractivity contribution in [1.29, 1.82) is 0 Å². The van der Waals surface area contributed by atoms with Gasteiger partial charge in [0, 0.05) is 50.9 Å². The second kappa shape index (κ2) is 9.93. The maximum absolute atomic E-state index is 13.1. The van der Waals surface area contributed by atoms with E-state index < -0.39 is 11.7 Å². The smallest absolute Gasteiger partial charge is 0.416 e. The van der Waals surface area contributed by atoms with E-state index in [9.17, 15) is 13.2 Å². The molecule has 0 saturated carbocycles. The van der Waals surface area contributed by atoms with E-state index in [1.165, 1.54) is 12.1 Å². The van der Waals surface area contributed by atoms with Crippen molar-refractivity contribution in [3.05, 3.63) is 71.8 Å². The summed E-state index contributed by atoms with van der Waals surface area (Å²) in [5, 5.41) is 0. The van der Waals surface area contributed by atoms with Gasteiger partial charge in [-0.1, -0.05) is 30.3 Å². The van der Waals surface area contributed by atoms with Crippen LogP contribution in [0.5, 0.6) is 5.88 Å². The predicted octanol–water partition coefficient (Wildman–Crippen LogP) is 5.29. The van der Waals surface area contributed by atoms with Crippen LogP contribution in [0.4, 0.5) is 24.5 Å². The molecule has 4 rings (SSSR count). The molecule has 0 N–H and O–H groups in total. The summed E-state index contributed by atoms with van der Waals surface area (Å²) in [5.74, 6) is 0.518. The highest BCUT2D eigenvalue weighted by atomic mass is 19.4. The summed E-state index contributed by atoms with van der Waals surface area (Å²) in [5.41, 5.74) is 3.75. The lowest BCUT2D eigenvalue weighted by Gasteiger charge is -2.35. The van der Waals surface area contributed by atoms with Gasteiger partial charge in [0.15, 0.2) is 0 Å². The molecule has 0 amide bonds. The van der Waals surface area contributed by atoms with Gasteiger partial charge in [0.2, 0.25) is 5.88 Å². The van der Waals surface area contributed by atoms with Gasteiger partial charge in [0.25, 0.3) is 0 Å². The van der Waals surface area contributed by atoms with Gasteiger partial charge in [-0.25, -0.2) is 4.98 Å². The number of morpholine rings is 1. The van der Waals surface area contributed by atoms with Gasteiger partial charge in [0.1, 0.15) is 0 Å². The summed E-state index contributed by atoms with van der Waals surface area (Å²) in [4.78, 5) is 8.93. The number of hydrogen-bond acceptors (Lipinski definition) is 5. The number of rotatable bonds is 6. The quantitative estimate of drug-likeness (QED) is 0.489. The minimum Gasteiger partial charge on any atom is -0.481 e. The highest BCUT2D eigenvalue weighted by Crippen LogP contribution is 2.34. The number of ether oxygens (including phenoxy) is 2. The summed E-state index contributed by atoms with van der Waals surface area (Å²) < 4.78 is 50.6. The average Bonchev–Trinajstić information content (AvgIpc) is 2.83. The van der Waals surface area contributed by atoms with E-state index >= 15 is 0 Å². The molecule has 3 aromatic rings. The molecule has 1 atom stereocenters. The van der Waals surface area contributed by atoms with Crippen molar-refractivity contribution in [3.63, 3.8) is 0 Å². The lowest BCUT2D eigenvalue weighted by Crippen LogP contribution is -2.43. The second-order valence-electron chi connectivity index (χ2n) is 8.50. The minimum atomic E-state index is -4.36. The highest BCUT2D eigenvalue weighted by Gasteiger charge is 2.31. The molecule has 0 aliphatic carbocycles. The van der Waals surface area contributed by atoms with Crippen molar-refractivity contribution < 1.29 is 22.6 Å². The van der Waals surface area contributed by atoms with Crippen LogP contribution >= 0.6 is 0 Å². The Morgan fingerprint density at radius 3 is 2.53 bits per heavy atom. The number of benzene rings is 2. The minimum absolute atomic E-state index is 0.233. The number of methoxy groups -OCH3 is 1. The van der Waals surface area contributed by atoms with Gasteiger partial charge in [-0.05, 0) is 29.8 Å². The summed E-state index contributed by atoms with van der Waals surface area (Å²) in [6.45, 7) is 1.69. The molecule has 8 heteroatoms. The Balaban J connectivity index is 1.58. The zero-order valence-electron chi connectivity index (χ0n) is 19.5. The molecule has 1 aliphatic heterocycles. The van der Waals surface area contributed by atoms with Crippen molar-refractivity contribution in [2.24, 2.45) is 0 Å².